The predicted octanol–water partition coefficient (Wildman–Crippen LogP) is 2.09. The van der Waals surface area contributed by atoms with Crippen molar-refractivity contribution in [2.24, 2.45) is 0 Å². The molecule has 2 aliphatic rings. The average Bonchev–Trinajstić information content (AvgIpc) is 3.12. The van der Waals surface area contributed by atoms with Crippen LogP contribution in [-0.4, -0.2) is 46.6 Å². The highest BCUT2D eigenvalue weighted by atomic mass is 32.1. The number of rotatable bonds is 2. The zero-order valence-corrected chi connectivity index (χ0v) is 15.6. The van der Waals surface area contributed by atoms with E-state index in [4.69, 9.17) is 4.74 Å². The summed E-state index contributed by atoms with van der Waals surface area (Å²) in [4.78, 5) is 14.4. The number of aryl methyl sites for hydroxylation is 1. The first-order valence-corrected chi connectivity index (χ1v) is 9.21. The number of nitrogens with zero attached hydrogens (tertiary/aromatic N) is 1. The average molecular weight is 361 g/mol. The number of ether oxygens (including phenoxy) is 1. The summed E-state index contributed by atoms with van der Waals surface area (Å²) < 4.78 is 5.94. The number of fused-ring (bicyclic) bond motifs is 1. The first kappa shape index (κ1) is 16.6. The molecule has 0 radical (unpaired) electrons. The molecule has 0 aromatic carbocycles. The summed E-state index contributed by atoms with van der Waals surface area (Å²) in [6.07, 6.45) is 1.79. The second-order valence-corrected chi connectivity index (χ2v) is 8.60. The van der Waals surface area contributed by atoms with Crippen LogP contribution >= 0.6 is 11.3 Å². The van der Waals surface area contributed by atoms with Crippen molar-refractivity contribution in [3.8, 4) is 10.4 Å². The highest BCUT2D eigenvalue weighted by Crippen LogP contribution is 2.39. The van der Waals surface area contributed by atoms with Crippen LogP contribution in [0.1, 0.15) is 36.1 Å². The Balaban J connectivity index is 1.62. The minimum Gasteiger partial charge on any atom is -0.372 e. The maximum absolute atomic E-state index is 12.7. The largest absolute Gasteiger partial charge is 0.372 e. The van der Waals surface area contributed by atoms with Gasteiger partial charge < -0.3 is 20.7 Å². The van der Waals surface area contributed by atoms with E-state index in [1.165, 1.54) is 11.3 Å². The normalized spacial score (nSPS) is 28.2. The van der Waals surface area contributed by atoms with Gasteiger partial charge in [-0.15, -0.1) is 11.3 Å². The summed E-state index contributed by atoms with van der Waals surface area (Å²) >= 11 is 1.48. The van der Waals surface area contributed by atoms with Crippen molar-refractivity contribution < 1.29 is 9.53 Å². The molecule has 0 saturated carbocycles. The molecular formula is C17H23N5O2S. The molecule has 2 aromatic rings. The monoisotopic (exact) mass is 361 g/mol. The molecular weight excluding hydrogens is 338 g/mol. The van der Waals surface area contributed by atoms with Crippen LogP contribution < -0.4 is 16.0 Å². The minimum atomic E-state index is -0.607. The Labute approximate surface area is 150 Å². The molecule has 0 spiro atoms. The van der Waals surface area contributed by atoms with Gasteiger partial charge in [0, 0.05) is 22.7 Å². The number of carbonyl (C=O) groups is 1. The minimum absolute atomic E-state index is 0.0170. The molecule has 25 heavy (non-hydrogen) atoms. The lowest BCUT2D eigenvalue weighted by Crippen LogP contribution is -2.70. The number of anilines is 1. The number of carbonyl (C=O) groups excluding carboxylic acids is 1. The third kappa shape index (κ3) is 2.84. The maximum Gasteiger partial charge on any atom is 0.265 e. The van der Waals surface area contributed by atoms with Gasteiger partial charge in [0.1, 0.15) is 10.5 Å². The fourth-order valence-corrected chi connectivity index (χ4v) is 4.40. The number of hydrogen-bond donors (Lipinski definition) is 4. The Morgan fingerprint density at radius 1 is 1.32 bits per heavy atom. The standard InChI is InChI=1S/C17H23N5O2S/c1-9-10(6-19-22-9)12-5-11-14(25-12)15(23)21-17(4,20-11)13-7-24-16(2,3)8-18-13/h5-6,13,18,20H,7-8H2,1-4H3,(H,19,22)(H,21,23). The van der Waals surface area contributed by atoms with Crippen molar-refractivity contribution in [1.82, 2.24) is 20.8 Å². The fraction of sp³-hybridized carbons (Fsp3) is 0.529. The van der Waals surface area contributed by atoms with Gasteiger partial charge >= 0.3 is 0 Å². The molecule has 1 amide bonds. The molecule has 4 rings (SSSR count). The van der Waals surface area contributed by atoms with Gasteiger partial charge in [0.05, 0.1) is 30.1 Å². The molecule has 4 N–H and O–H groups in total. The third-order valence-electron chi connectivity index (χ3n) is 4.91. The Bertz CT molecular complexity index is 817. The second-order valence-electron chi connectivity index (χ2n) is 7.55. The SMILES string of the molecule is Cc1[nH]ncc1-c1cc2c(s1)C(=O)NC(C)(C1COC(C)(C)CN1)N2. The number of thiophene rings is 1. The number of amides is 1. The summed E-state index contributed by atoms with van der Waals surface area (Å²) in [7, 11) is 0. The lowest BCUT2D eigenvalue weighted by atomic mass is 9.96. The Morgan fingerprint density at radius 3 is 2.76 bits per heavy atom. The Kier molecular flexibility index (Phi) is 3.68. The summed E-state index contributed by atoms with van der Waals surface area (Å²) in [5, 5.41) is 17.1. The number of morpholine rings is 1. The molecule has 2 aliphatic heterocycles. The van der Waals surface area contributed by atoms with Crippen molar-refractivity contribution >= 4 is 22.9 Å². The van der Waals surface area contributed by atoms with E-state index >= 15 is 0 Å². The van der Waals surface area contributed by atoms with E-state index in [1.807, 2.05) is 19.9 Å². The van der Waals surface area contributed by atoms with E-state index in [1.54, 1.807) is 6.20 Å². The Hall–Kier alpha value is -1.90. The fourth-order valence-electron chi connectivity index (χ4n) is 3.32. The molecule has 1 fully saturated rings. The highest BCUT2D eigenvalue weighted by Gasteiger charge is 2.44. The molecule has 2 aromatic heterocycles. The van der Waals surface area contributed by atoms with Crippen LogP contribution in [0.3, 0.4) is 0 Å². The highest BCUT2D eigenvalue weighted by molar-refractivity contribution is 7.18. The van der Waals surface area contributed by atoms with E-state index in [-0.39, 0.29) is 17.6 Å². The summed E-state index contributed by atoms with van der Waals surface area (Å²) in [6.45, 7) is 9.35. The third-order valence-corrected chi connectivity index (χ3v) is 6.08. The second kappa shape index (κ2) is 5.55. The van der Waals surface area contributed by atoms with Gasteiger partial charge in [-0.2, -0.15) is 5.10 Å². The van der Waals surface area contributed by atoms with Gasteiger partial charge in [0.25, 0.3) is 5.91 Å². The summed E-state index contributed by atoms with van der Waals surface area (Å²) in [5.74, 6) is -0.0553. The predicted molar refractivity (Wildman–Crippen MR) is 98.0 cm³/mol. The van der Waals surface area contributed by atoms with Gasteiger partial charge in [-0.1, -0.05) is 0 Å². The van der Waals surface area contributed by atoms with Crippen molar-refractivity contribution in [1.29, 1.82) is 0 Å². The van der Waals surface area contributed by atoms with Crippen LogP contribution in [-0.2, 0) is 4.74 Å². The summed E-state index contributed by atoms with van der Waals surface area (Å²) in [6, 6.07) is 2.01. The first-order chi connectivity index (χ1) is 11.8. The van der Waals surface area contributed by atoms with Crippen LogP contribution in [0.15, 0.2) is 12.3 Å². The maximum atomic E-state index is 12.7. The van der Waals surface area contributed by atoms with Gasteiger partial charge in [0.2, 0.25) is 0 Å². The number of aromatic nitrogens is 2. The van der Waals surface area contributed by atoms with Crippen molar-refractivity contribution in [2.75, 3.05) is 18.5 Å². The molecule has 7 nitrogen and oxygen atoms in total. The first-order valence-electron chi connectivity index (χ1n) is 8.40. The molecule has 2 unspecified atom stereocenters. The molecule has 0 bridgehead atoms. The topological polar surface area (TPSA) is 91.1 Å². The zero-order valence-electron chi connectivity index (χ0n) is 14.8. The van der Waals surface area contributed by atoms with Crippen LogP contribution in [0.2, 0.25) is 0 Å². The molecule has 0 aliphatic carbocycles. The molecule has 2 atom stereocenters. The summed E-state index contributed by atoms with van der Waals surface area (Å²) in [5.41, 5.74) is 2.08. The number of aromatic amines is 1. The van der Waals surface area contributed by atoms with E-state index in [2.05, 4.69) is 40.0 Å². The molecule has 1 saturated heterocycles. The van der Waals surface area contributed by atoms with Gasteiger partial charge in [-0.25, -0.2) is 0 Å². The molecule has 4 heterocycles. The van der Waals surface area contributed by atoms with Crippen LogP contribution in [0, 0.1) is 6.92 Å². The van der Waals surface area contributed by atoms with Crippen LogP contribution in [0.4, 0.5) is 5.69 Å². The lowest BCUT2D eigenvalue weighted by molar-refractivity contribution is -0.0695. The van der Waals surface area contributed by atoms with Crippen molar-refractivity contribution in [3.63, 3.8) is 0 Å². The van der Waals surface area contributed by atoms with Crippen LogP contribution in [0.5, 0.6) is 0 Å². The van der Waals surface area contributed by atoms with E-state index in [0.29, 0.717) is 11.5 Å². The smallest absolute Gasteiger partial charge is 0.265 e. The Morgan fingerprint density at radius 2 is 2.12 bits per heavy atom. The lowest BCUT2D eigenvalue weighted by Gasteiger charge is -2.47. The number of nitrogens with one attached hydrogen (secondary N) is 4. The van der Waals surface area contributed by atoms with E-state index < -0.39 is 5.66 Å². The quantitative estimate of drug-likeness (QED) is 0.657. The van der Waals surface area contributed by atoms with Crippen LogP contribution in [0.25, 0.3) is 10.4 Å². The number of hydrogen-bond acceptors (Lipinski definition) is 6. The zero-order chi connectivity index (χ0) is 17.8. The molecule has 134 valence electrons. The van der Waals surface area contributed by atoms with Gasteiger partial charge in [0.15, 0.2) is 0 Å². The number of H-pyrrole nitrogens is 1. The van der Waals surface area contributed by atoms with Crippen molar-refractivity contribution in [2.45, 2.75) is 45.0 Å². The van der Waals surface area contributed by atoms with Crippen molar-refractivity contribution in [3.05, 3.63) is 22.8 Å². The van der Waals surface area contributed by atoms with E-state index in [0.717, 1.165) is 28.4 Å². The molecule has 8 heteroatoms. The van der Waals surface area contributed by atoms with Gasteiger partial charge in [-0.05, 0) is 33.8 Å². The van der Waals surface area contributed by atoms with E-state index in [9.17, 15) is 4.79 Å². The van der Waals surface area contributed by atoms with Gasteiger partial charge in [-0.3, -0.25) is 9.89 Å².